The Morgan fingerprint density at radius 3 is 2.19 bits per heavy atom. The Kier molecular flexibility index (Phi) is 11.0. The highest BCUT2D eigenvalue weighted by Crippen LogP contribution is 2.36. The summed E-state index contributed by atoms with van der Waals surface area (Å²) in [4.78, 5) is 27.5. The third kappa shape index (κ3) is 9.27. The van der Waals surface area contributed by atoms with Crippen molar-refractivity contribution in [2.45, 2.75) is 71.6 Å². The molecule has 2 heterocycles. The van der Waals surface area contributed by atoms with Gasteiger partial charge < -0.3 is 0 Å². The maximum atomic E-state index is 11.2. The Bertz CT molecular complexity index is 824. The predicted octanol–water partition coefficient (Wildman–Crippen LogP) is 6.01. The first-order chi connectivity index (χ1) is 15.4. The molecule has 0 radical (unpaired) electrons. The van der Waals surface area contributed by atoms with Crippen LogP contribution in [0, 0.1) is 24.0 Å². The monoisotopic (exact) mass is 439 g/mol. The van der Waals surface area contributed by atoms with Crippen LogP contribution in [-0.4, -0.2) is 40.2 Å². The minimum Gasteiger partial charge on any atom is -0.298 e. The lowest BCUT2D eigenvalue weighted by atomic mass is 9.80. The van der Waals surface area contributed by atoms with Crippen LogP contribution in [0.15, 0.2) is 42.6 Å². The van der Waals surface area contributed by atoms with E-state index in [4.69, 9.17) is 0 Å². The largest absolute Gasteiger partial charge is 0.298 e. The van der Waals surface area contributed by atoms with E-state index in [9.17, 15) is 14.9 Å². The summed E-state index contributed by atoms with van der Waals surface area (Å²) in [5.41, 5.74) is 3.79. The Hall–Kier alpha value is -2.60. The molecule has 0 bridgehead atoms. The van der Waals surface area contributed by atoms with Crippen LogP contribution in [-0.2, 0) is 4.79 Å². The number of ketones is 1. The normalized spacial score (nSPS) is 15.6. The molecule has 0 N–H and O–H groups in total. The Morgan fingerprint density at radius 2 is 1.75 bits per heavy atom. The number of nitro groups is 1. The van der Waals surface area contributed by atoms with Crippen molar-refractivity contribution in [1.82, 2.24) is 9.88 Å². The third-order valence-corrected chi connectivity index (χ3v) is 5.86. The van der Waals surface area contributed by atoms with Gasteiger partial charge in [0, 0.05) is 30.4 Å². The molecule has 6 nitrogen and oxygen atoms in total. The van der Waals surface area contributed by atoms with Gasteiger partial charge in [0.05, 0.1) is 11.5 Å². The molecule has 0 amide bonds. The van der Waals surface area contributed by atoms with E-state index in [-0.39, 0.29) is 10.6 Å². The molecule has 1 aliphatic heterocycles. The number of carbonyl (C=O) groups excluding carboxylic acids is 1. The van der Waals surface area contributed by atoms with Crippen molar-refractivity contribution in [3.63, 3.8) is 0 Å². The zero-order valence-corrected chi connectivity index (χ0v) is 19.8. The molecule has 174 valence electrons. The van der Waals surface area contributed by atoms with Crippen LogP contribution in [0.5, 0.6) is 0 Å². The number of nitro benzene ring substituents is 1. The molecule has 1 aromatic heterocycles. The van der Waals surface area contributed by atoms with Crippen molar-refractivity contribution in [3.8, 4) is 0 Å². The van der Waals surface area contributed by atoms with Gasteiger partial charge in [-0.15, -0.1) is 0 Å². The quantitative estimate of drug-likeness (QED) is 0.407. The lowest BCUT2D eigenvalue weighted by molar-refractivity contribution is -0.384. The molecule has 1 saturated carbocycles. The number of carbonyl (C=O) groups is 1. The van der Waals surface area contributed by atoms with Crippen LogP contribution in [0.4, 0.5) is 5.69 Å². The van der Waals surface area contributed by atoms with Crippen molar-refractivity contribution in [2.24, 2.45) is 0 Å². The fourth-order valence-electron chi connectivity index (χ4n) is 3.85. The van der Waals surface area contributed by atoms with Gasteiger partial charge in [-0.1, -0.05) is 25.5 Å². The summed E-state index contributed by atoms with van der Waals surface area (Å²) in [5, 5.41) is 10.4. The smallest absolute Gasteiger partial charge is 0.269 e. The van der Waals surface area contributed by atoms with Gasteiger partial charge in [-0.05, 0) is 88.2 Å². The molecule has 1 aliphatic carbocycles. The van der Waals surface area contributed by atoms with Crippen molar-refractivity contribution in [2.75, 3.05) is 19.6 Å². The molecular weight excluding hydrogens is 402 g/mol. The number of aromatic nitrogens is 1. The van der Waals surface area contributed by atoms with Gasteiger partial charge >= 0.3 is 0 Å². The molecule has 1 aromatic carbocycles. The lowest BCUT2D eigenvalue weighted by Crippen LogP contribution is -2.26. The van der Waals surface area contributed by atoms with Crippen molar-refractivity contribution in [3.05, 3.63) is 69.5 Å². The second-order valence-electron chi connectivity index (χ2n) is 8.72. The number of rotatable bonds is 6. The summed E-state index contributed by atoms with van der Waals surface area (Å²) in [7, 11) is 0. The van der Waals surface area contributed by atoms with Crippen molar-refractivity contribution in [1.29, 1.82) is 0 Å². The second kappa shape index (κ2) is 13.7. The van der Waals surface area contributed by atoms with Crippen LogP contribution < -0.4 is 0 Å². The summed E-state index contributed by atoms with van der Waals surface area (Å²) < 4.78 is 0. The van der Waals surface area contributed by atoms with Gasteiger partial charge in [0.2, 0.25) is 0 Å². The minimum atomic E-state index is -0.357. The average Bonchev–Trinajstić information content (AvgIpc) is 3.21. The molecule has 1 saturated heterocycles. The molecule has 0 spiro atoms. The second-order valence-corrected chi connectivity index (χ2v) is 8.72. The molecule has 0 unspecified atom stereocenters. The number of hydrogen-bond acceptors (Lipinski definition) is 5. The summed E-state index contributed by atoms with van der Waals surface area (Å²) in [6.07, 6.45) is 9.89. The molecule has 2 fully saturated rings. The zero-order chi connectivity index (χ0) is 23.3. The first-order valence-electron chi connectivity index (χ1n) is 11.8. The van der Waals surface area contributed by atoms with E-state index >= 15 is 0 Å². The lowest BCUT2D eigenvalue weighted by Gasteiger charge is -2.25. The SMILES string of the molecule is CCCC(=O)CN1CCCC1.Cc1ccnc(C)c1.O=[N+]([O-])c1ccc(C2CCC2)cc1. The van der Waals surface area contributed by atoms with Crippen LogP contribution in [0.1, 0.15) is 74.6 Å². The average molecular weight is 440 g/mol. The van der Waals surface area contributed by atoms with E-state index in [2.05, 4.69) is 29.8 Å². The summed E-state index contributed by atoms with van der Waals surface area (Å²) in [6.45, 7) is 9.09. The number of likely N-dealkylation sites (tertiary alicyclic amines) is 1. The summed E-state index contributed by atoms with van der Waals surface area (Å²) >= 11 is 0. The number of aryl methyl sites for hydroxylation is 2. The standard InChI is InChI=1S/C10H11NO2.C9H17NO.C7H9N/c12-11(13)10-6-4-9(5-7-10)8-2-1-3-8;1-2-5-9(11)8-10-6-3-4-7-10;1-6-3-4-8-7(2)5-6/h4-8H,1-3H2;2-8H2,1H3;3-5H,1-2H3. The molecule has 4 rings (SSSR count). The molecule has 2 aliphatic rings. The maximum Gasteiger partial charge on any atom is 0.269 e. The Labute approximate surface area is 192 Å². The number of Topliss-reactive ketones (excluding diaryl/α,β-unsaturated/α-hetero) is 1. The predicted molar refractivity (Wildman–Crippen MR) is 129 cm³/mol. The number of nitrogens with zero attached hydrogens (tertiary/aromatic N) is 3. The maximum absolute atomic E-state index is 11.2. The highest BCUT2D eigenvalue weighted by molar-refractivity contribution is 5.80. The van der Waals surface area contributed by atoms with E-state index in [0.29, 0.717) is 18.2 Å². The fourth-order valence-corrected chi connectivity index (χ4v) is 3.85. The van der Waals surface area contributed by atoms with Gasteiger partial charge in [-0.2, -0.15) is 0 Å². The zero-order valence-electron chi connectivity index (χ0n) is 19.8. The first-order valence-corrected chi connectivity index (χ1v) is 11.8. The topological polar surface area (TPSA) is 76.3 Å². The highest BCUT2D eigenvalue weighted by atomic mass is 16.6. The van der Waals surface area contributed by atoms with Crippen LogP contribution in [0.3, 0.4) is 0 Å². The summed E-state index contributed by atoms with van der Waals surface area (Å²) in [6, 6.07) is 11.0. The van der Waals surface area contributed by atoms with Crippen LogP contribution in [0.2, 0.25) is 0 Å². The van der Waals surface area contributed by atoms with E-state index in [1.807, 2.05) is 31.3 Å². The van der Waals surface area contributed by atoms with E-state index < -0.39 is 0 Å². The third-order valence-electron chi connectivity index (χ3n) is 5.86. The van der Waals surface area contributed by atoms with Crippen LogP contribution in [0.25, 0.3) is 0 Å². The van der Waals surface area contributed by atoms with Crippen molar-refractivity contribution >= 4 is 11.5 Å². The van der Waals surface area contributed by atoms with Gasteiger partial charge in [0.1, 0.15) is 5.78 Å². The molecule has 32 heavy (non-hydrogen) atoms. The van der Waals surface area contributed by atoms with Gasteiger partial charge in [-0.25, -0.2) is 0 Å². The Morgan fingerprint density at radius 1 is 1.09 bits per heavy atom. The minimum absolute atomic E-state index is 0.183. The van der Waals surface area contributed by atoms with Gasteiger partial charge in [0.25, 0.3) is 5.69 Å². The molecular formula is C26H37N3O3. The highest BCUT2D eigenvalue weighted by Gasteiger charge is 2.19. The molecule has 6 heteroatoms. The van der Waals surface area contributed by atoms with E-state index in [0.717, 1.165) is 31.6 Å². The number of benzene rings is 1. The Balaban J connectivity index is 0.000000175. The first kappa shape index (κ1) is 25.7. The van der Waals surface area contributed by atoms with E-state index in [1.165, 1.54) is 43.2 Å². The number of pyridine rings is 1. The van der Waals surface area contributed by atoms with Crippen molar-refractivity contribution < 1.29 is 9.72 Å². The molecule has 2 aromatic rings. The number of hydrogen-bond donors (Lipinski definition) is 0. The fraction of sp³-hybridized carbons (Fsp3) is 0.538. The van der Waals surface area contributed by atoms with Gasteiger partial charge in [0.15, 0.2) is 0 Å². The van der Waals surface area contributed by atoms with Crippen LogP contribution >= 0.6 is 0 Å². The summed E-state index contributed by atoms with van der Waals surface area (Å²) in [5.74, 6) is 1.07. The van der Waals surface area contributed by atoms with Gasteiger partial charge in [-0.3, -0.25) is 24.8 Å². The molecule has 0 atom stereocenters. The number of non-ortho nitro benzene ring substituents is 1. The van der Waals surface area contributed by atoms with E-state index in [1.54, 1.807) is 12.1 Å².